The van der Waals surface area contributed by atoms with Gasteiger partial charge in [0.1, 0.15) is 5.78 Å². The summed E-state index contributed by atoms with van der Waals surface area (Å²) in [4.78, 5) is 11.2. The van der Waals surface area contributed by atoms with E-state index in [1.165, 1.54) is 6.26 Å². The molecule has 0 amide bonds. The van der Waals surface area contributed by atoms with E-state index in [0.717, 1.165) is 12.8 Å². The SMILES string of the molecule is CS(=O)(=O)C1CC2CC(=O)C1C2. The topological polar surface area (TPSA) is 51.2 Å². The molecule has 68 valence electrons. The predicted octanol–water partition coefficient (Wildman–Crippen LogP) is 0.399. The van der Waals surface area contributed by atoms with Gasteiger partial charge in [0.15, 0.2) is 9.84 Å². The first-order chi connectivity index (χ1) is 5.48. The quantitative estimate of drug-likeness (QED) is 0.598. The average Bonchev–Trinajstić information content (AvgIpc) is 2.41. The molecule has 0 N–H and O–H groups in total. The van der Waals surface area contributed by atoms with Crippen molar-refractivity contribution >= 4 is 15.6 Å². The Hall–Kier alpha value is -0.380. The molecule has 12 heavy (non-hydrogen) atoms. The number of Topliss-reactive ketones (excluding diaryl/α,β-unsaturated/α-hetero) is 1. The molecule has 0 aliphatic heterocycles. The fourth-order valence-corrected chi connectivity index (χ4v) is 4.00. The van der Waals surface area contributed by atoms with Crippen LogP contribution in [0.25, 0.3) is 0 Å². The van der Waals surface area contributed by atoms with Gasteiger partial charge in [0, 0.05) is 18.6 Å². The molecular weight excluding hydrogens is 176 g/mol. The van der Waals surface area contributed by atoms with Crippen molar-refractivity contribution in [1.82, 2.24) is 0 Å². The highest BCUT2D eigenvalue weighted by Gasteiger charge is 2.49. The van der Waals surface area contributed by atoms with Crippen LogP contribution in [0, 0.1) is 11.8 Å². The van der Waals surface area contributed by atoms with Crippen molar-refractivity contribution in [2.75, 3.05) is 6.26 Å². The van der Waals surface area contributed by atoms with Crippen LogP contribution in [0.15, 0.2) is 0 Å². The number of carbonyl (C=O) groups is 1. The third kappa shape index (κ3) is 1.09. The first-order valence-corrected chi connectivity index (χ1v) is 6.15. The van der Waals surface area contributed by atoms with E-state index in [1.807, 2.05) is 0 Å². The molecule has 4 heteroatoms. The Labute approximate surface area is 72.1 Å². The van der Waals surface area contributed by atoms with Gasteiger partial charge in [0.25, 0.3) is 0 Å². The van der Waals surface area contributed by atoms with Crippen molar-refractivity contribution in [3.8, 4) is 0 Å². The lowest BCUT2D eigenvalue weighted by Crippen LogP contribution is -2.31. The van der Waals surface area contributed by atoms with Crippen LogP contribution < -0.4 is 0 Å². The fraction of sp³-hybridized carbons (Fsp3) is 0.875. The van der Waals surface area contributed by atoms with Crippen molar-refractivity contribution in [3.63, 3.8) is 0 Å². The zero-order valence-corrected chi connectivity index (χ0v) is 7.80. The molecule has 2 aliphatic carbocycles. The second kappa shape index (κ2) is 2.31. The summed E-state index contributed by atoms with van der Waals surface area (Å²) >= 11 is 0. The Morgan fingerprint density at radius 3 is 2.33 bits per heavy atom. The molecular formula is C8H12O3S. The monoisotopic (exact) mass is 188 g/mol. The second-order valence-electron chi connectivity index (χ2n) is 3.98. The molecule has 0 radical (unpaired) electrons. The van der Waals surface area contributed by atoms with Gasteiger partial charge in [-0.05, 0) is 18.8 Å². The Morgan fingerprint density at radius 1 is 1.33 bits per heavy atom. The minimum atomic E-state index is -2.99. The summed E-state index contributed by atoms with van der Waals surface area (Å²) in [5, 5.41) is -0.358. The van der Waals surface area contributed by atoms with E-state index in [0.29, 0.717) is 12.3 Å². The standard InChI is InChI=1S/C8H12O3S/c1-12(10,11)8-4-5-2-6(8)7(9)3-5/h5-6,8H,2-4H2,1H3. The van der Waals surface area contributed by atoms with Crippen LogP contribution in [-0.4, -0.2) is 25.7 Å². The van der Waals surface area contributed by atoms with Gasteiger partial charge >= 0.3 is 0 Å². The molecule has 3 nitrogen and oxygen atoms in total. The van der Waals surface area contributed by atoms with Crippen molar-refractivity contribution in [2.24, 2.45) is 11.8 Å². The smallest absolute Gasteiger partial charge is 0.151 e. The van der Waals surface area contributed by atoms with Gasteiger partial charge in [0.2, 0.25) is 0 Å². The van der Waals surface area contributed by atoms with Gasteiger partial charge in [-0.2, -0.15) is 0 Å². The van der Waals surface area contributed by atoms with Crippen LogP contribution in [-0.2, 0) is 14.6 Å². The Balaban J connectivity index is 2.29. The Bertz CT molecular complexity index is 317. The van der Waals surface area contributed by atoms with Gasteiger partial charge in [0.05, 0.1) is 5.25 Å². The third-order valence-corrected chi connectivity index (χ3v) is 4.68. The second-order valence-corrected chi connectivity index (χ2v) is 6.25. The summed E-state index contributed by atoms with van der Waals surface area (Å²) in [6, 6.07) is 0. The fourth-order valence-electron chi connectivity index (χ4n) is 2.51. The number of ketones is 1. The molecule has 0 aromatic heterocycles. The van der Waals surface area contributed by atoms with E-state index in [4.69, 9.17) is 0 Å². The summed E-state index contributed by atoms with van der Waals surface area (Å²) in [7, 11) is -2.99. The normalized spacial score (nSPS) is 40.8. The first-order valence-electron chi connectivity index (χ1n) is 4.20. The minimum Gasteiger partial charge on any atom is -0.299 e. The number of rotatable bonds is 1. The number of fused-ring (bicyclic) bond motifs is 2. The lowest BCUT2D eigenvalue weighted by atomic mass is 9.99. The maximum absolute atomic E-state index is 11.2. The van der Waals surface area contributed by atoms with Gasteiger partial charge in [-0.15, -0.1) is 0 Å². The van der Waals surface area contributed by atoms with Crippen molar-refractivity contribution < 1.29 is 13.2 Å². The van der Waals surface area contributed by atoms with E-state index in [2.05, 4.69) is 0 Å². The van der Waals surface area contributed by atoms with E-state index < -0.39 is 9.84 Å². The third-order valence-electron chi connectivity index (χ3n) is 3.06. The zero-order chi connectivity index (χ0) is 8.93. The highest BCUT2D eigenvalue weighted by atomic mass is 32.2. The largest absolute Gasteiger partial charge is 0.299 e. The van der Waals surface area contributed by atoms with E-state index >= 15 is 0 Å². The van der Waals surface area contributed by atoms with Crippen molar-refractivity contribution in [1.29, 1.82) is 0 Å². The van der Waals surface area contributed by atoms with Crippen LogP contribution in [0.2, 0.25) is 0 Å². The summed E-state index contributed by atoms with van der Waals surface area (Å²) in [5.74, 6) is 0.369. The molecule has 3 unspecified atom stereocenters. The van der Waals surface area contributed by atoms with Gasteiger partial charge in [-0.3, -0.25) is 4.79 Å². The molecule has 2 rings (SSSR count). The molecule has 2 bridgehead atoms. The number of carbonyl (C=O) groups excluding carboxylic acids is 1. The van der Waals surface area contributed by atoms with Gasteiger partial charge in [-0.25, -0.2) is 8.42 Å². The zero-order valence-electron chi connectivity index (χ0n) is 6.99. The van der Waals surface area contributed by atoms with Crippen LogP contribution in [0.4, 0.5) is 0 Å². The molecule has 3 atom stereocenters. The summed E-state index contributed by atoms with van der Waals surface area (Å²) in [6.45, 7) is 0. The molecule has 2 fully saturated rings. The number of hydrogen-bond acceptors (Lipinski definition) is 3. The van der Waals surface area contributed by atoms with E-state index in [9.17, 15) is 13.2 Å². The van der Waals surface area contributed by atoms with E-state index in [-0.39, 0.29) is 17.0 Å². The Kier molecular flexibility index (Phi) is 1.59. The molecule has 2 aliphatic rings. The lowest BCUT2D eigenvalue weighted by molar-refractivity contribution is -0.121. The van der Waals surface area contributed by atoms with Crippen molar-refractivity contribution in [2.45, 2.75) is 24.5 Å². The van der Waals surface area contributed by atoms with E-state index in [1.54, 1.807) is 0 Å². The summed E-state index contributed by atoms with van der Waals surface area (Å²) in [5.41, 5.74) is 0. The van der Waals surface area contributed by atoms with Gasteiger partial charge < -0.3 is 0 Å². The lowest BCUT2D eigenvalue weighted by Gasteiger charge is -2.18. The summed E-state index contributed by atoms with van der Waals surface area (Å²) < 4.78 is 22.4. The molecule has 0 heterocycles. The molecule has 0 spiro atoms. The van der Waals surface area contributed by atoms with Crippen LogP contribution in [0.1, 0.15) is 19.3 Å². The first kappa shape index (κ1) is 8.23. The maximum Gasteiger partial charge on any atom is 0.151 e. The molecule has 0 aromatic rings. The number of sulfone groups is 1. The highest BCUT2D eigenvalue weighted by molar-refractivity contribution is 7.91. The number of hydrogen-bond donors (Lipinski definition) is 0. The van der Waals surface area contributed by atoms with Crippen LogP contribution in [0.3, 0.4) is 0 Å². The highest BCUT2D eigenvalue weighted by Crippen LogP contribution is 2.44. The van der Waals surface area contributed by atoms with Crippen LogP contribution >= 0.6 is 0 Å². The molecule has 0 aromatic carbocycles. The molecule has 0 saturated heterocycles. The maximum atomic E-state index is 11.2. The minimum absolute atomic E-state index is 0.162. The predicted molar refractivity (Wildman–Crippen MR) is 44.5 cm³/mol. The Morgan fingerprint density at radius 2 is 2.00 bits per heavy atom. The van der Waals surface area contributed by atoms with Crippen molar-refractivity contribution in [3.05, 3.63) is 0 Å². The summed E-state index contributed by atoms with van der Waals surface area (Å²) in [6.07, 6.45) is 3.40. The average molecular weight is 188 g/mol. The molecule has 2 saturated carbocycles. The van der Waals surface area contributed by atoms with Crippen LogP contribution in [0.5, 0.6) is 0 Å². The van der Waals surface area contributed by atoms with Gasteiger partial charge in [-0.1, -0.05) is 0 Å².